The molecule has 0 saturated carbocycles. The van der Waals surface area contributed by atoms with Crippen molar-refractivity contribution in [3.05, 3.63) is 36.2 Å². The van der Waals surface area contributed by atoms with E-state index in [-0.39, 0.29) is 17.1 Å². The maximum absolute atomic E-state index is 13.2. The van der Waals surface area contributed by atoms with Crippen molar-refractivity contribution in [3.63, 3.8) is 0 Å². The number of halogens is 1. The summed E-state index contributed by atoms with van der Waals surface area (Å²) in [5, 5.41) is 0. The predicted molar refractivity (Wildman–Crippen MR) is 53.4 cm³/mol. The quantitative estimate of drug-likeness (QED) is 0.436. The van der Waals surface area contributed by atoms with Crippen molar-refractivity contribution in [1.82, 2.24) is 0 Å². The second-order valence-electron chi connectivity index (χ2n) is 2.97. The zero-order valence-corrected chi connectivity index (χ0v) is 8.54. The van der Waals surface area contributed by atoms with Gasteiger partial charge in [-0.2, -0.15) is 0 Å². The Hall–Kier alpha value is -1.84. The zero-order valence-electron chi connectivity index (χ0n) is 8.54. The molecule has 0 fully saturated rings. The van der Waals surface area contributed by atoms with Gasteiger partial charge in [0.15, 0.2) is 11.6 Å². The third kappa shape index (κ3) is 2.80. The van der Waals surface area contributed by atoms with Crippen LogP contribution in [0.15, 0.2) is 30.4 Å². The van der Waals surface area contributed by atoms with Gasteiger partial charge < -0.3 is 9.47 Å². The molecule has 80 valence electrons. The van der Waals surface area contributed by atoms with E-state index in [1.807, 2.05) is 0 Å². The van der Waals surface area contributed by atoms with Crippen molar-refractivity contribution in [2.24, 2.45) is 0 Å². The third-order valence-electron chi connectivity index (χ3n) is 1.68. The summed E-state index contributed by atoms with van der Waals surface area (Å²) < 4.78 is 22.7. The van der Waals surface area contributed by atoms with Gasteiger partial charge in [-0.05, 0) is 19.1 Å². The Kier molecular flexibility index (Phi) is 3.44. The second-order valence-corrected chi connectivity index (χ2v) is 2.97. The summed E-state index contributed by atoms with van der Waals surface area (Å²) in [5.74, 6) is -0.935. The number of carbonyl (C=O) groups is 1. The minimum Gasteiger partial charge on any atom is -0.494 e. The number of carbonyl (C=O) groups excluding carboxylic acids is 1. The highest BCUT2D eigenvalue weighted by Crippen LogP contribution is 2.22. The van der Waals surface area contributed by atoms with Crippen molar-refractivity contribution < 1.29 is 18.7 Å². The molecule has 0 aliphatic heterocycles. The summed E-state index contributed by atoms with van der Waals surface area (Å²) in [6.45, 7) is 4.93. The Balaban J connectivity index is 2.84. The summed E-state index contributed by atoms with van der Waals surface area (Å²) in [4.78, 5) is 11.1. The molecule has 0 aliphatic rings. The Morgan fingerprint density at radius 1 is 1.47 bits per heavy atom. The maximum atomic E-state index is 13.2. The molecular weight excluding hydrogens is 199 g/mol. The monoisotopic (exact) mass is 210 g/mol. The van der Waals surface area contributed by atoms with E-state index < -0.39 is 11.8 Å². The lowest BCUT2D eigenvalue weighted by Gasteiger charge is -2.05. The fraction of sp³-hybridized carbons (Fsp3) is 0.182. The highest BCUT2D eigenvalue weighted by molar-refractivity contribution is 5.88. The predicted octanol–water partition coefficient (Wildman–Crippen LogP) is 2.32. The molecule has 1 rings (SSSR count). The molecule has 0 unspecified atom stereocenters. The van der Waals surface area contributed by atoms with Crippen LogP contribution in [0.4, 0.5) is 4.39 Å². The molecule has 0 heterocycles. The van der Waals surface area contributed by atoms with Crippen molar-refractivity contribution in [2.45, 2.75) is 6.92 Å². The highest BCUT2D eigenvalue weighted by atomic mass is 19.1. The number of methoxy groups -OCH3 is 1. The fourth-order valence-electron chi connectivity index (χ4n) is 0.905. The van der Waals surface area contributed by atoms with Crippen molar-refractivity contribution in [2.75, 3.05) is 7.11 Å². The Morgan fingerprint density at radius 2 is 2.13 bits per heavy atom. The zero-order chi connectivity index (χ0) is 11.4. The van der Waals surface area contributed by atoms with Crippen LogP contribution in [0, 0.1) is 5.82 Å². The van der Waals surface area contributed by atoms with Crippen molar-refractivity contribution in [3.8, 4) is 11.5 Å². The summed E-state index contributed by atoms with van der Waals surface area (Å²) in [6.07, 6.45) is 0. The molecule has 0 saturated heterocycles. The van der Waals surface area contributed by atoms with Crippen molar-refractivity contribution >= 4 is 5.97 Å². The van der Waals surface area contributed by atoms with E-state index in [9.17, 15) is 9.18 Å². The first-order valence-electron chi connectivity index (χ1n) is 4.26. The fourth-order valence-corrected chi connectivity index (χ4v) is 0.905. The molecule has 0 spiro atoms. The van der Waals surface area contributed by atoms with Crippen LogP contribution in [0.25, 0.3) is 0 Å². The first-order chi connectivity index (χ1) is 7.04. The van der Waals surface area contributed by atoms with Crippen LogP contribution in [-0.4, -0.2) is 13.1 Å². The number of hydrogen-bond donors (Lipinski definition) is 0. The highest BCUT2D eigenvalue weighted by Gasteiger charge is 2.08. The molecule has 0 aliphatic carbocycles. The molecule has 4 heteroatoms. The molecule has 0 radical (unpaired) electrons. The lowest BCUT2D eigenvalue weighted by atomic mass is 10.3. The van der Waals surface area contributed by atoms with Gasteiger partial charge in [-0.3, -0.25) is 0 Å². The van der Waals surface area contributed by atoms with Crippen LogP contribution in [0.5, 0.6) is 11.5 Å². The lowest BCUT2D eigenvalue weighted by molar-refractivity contribution is -0.130. The first kappa shape index (κ1) is 11.2. The summed E-state index contributed by atoms with van der Waals surface area (Å²) in [7, 11) is 1.36. The van der Waals surface area contributed by atoms with Crippen LogP contribution in [0.2, 0.25) is 0 Å². The topological polar surface area (TPSA) is 35.5 Å². The minimum atomic E-state index is -0.584. The molecule has 1 aromatic carbocycles. The SMILES string of the molecule is C=C(C)C(=O)Oc1ccc(OC)c(F)c1. The molecule has 15 heavy (non-hydrogen) atoms. The average molecular weight is 210 g/mol. The lowest BCUT2D eigenvalue weighted by Crippen LogP contribution is -2.08. The minimum absolute atomic E-state index is 0.102. The van der Waals surface area contributed by atoms with E-state index in [1.165, 1.54) is 26.2 Å². The largest absolute Gasteiger partial charge is 0.494 e. The standard InChI is InChI=1S/C11H11FO3/c1-7(2)11(13)15-8-4-5-10(14-3)9(12)6-8/h4-6H,1H2,2-3H3. The number of esters is 1. The summed E-state index contributed by atoms with van der Waals surface area (Å²) in [6, 6.07) is 3.92. The van der Waals surface area contributed by atoms with Crippen LogP contribution >= 0.6 is 0 Å². The van der Waals surface area contributed by atoms with Crippen LogP contribution in [0.1, 0.15) is 6.92 Å². The molecule has 0 N–H and O–H groups in total. The second kappa shape index (κ2) is 4.59. The van der Waals surface area contributed by atoms with E-state index in [4.69, 9.17) is 9.47 Å². The van der Waals surface area contributed by atoms with Gasteiger partial charge in [-0.25, -0.2) is 9.18 Å². The molecular formula is C11H11FO3. The number of rotatable bonds is 3. The van der Waals surface area contributed by atoms with Crippen LogP contribution in [-0.2, 0) is 4.79 Å². The number of ether oxygens (including phenoxy) is 2. The van der Waals surface area contributed by atoms with Gasteiger partial charge in [0.2, 0.25) is 0 Å². The molecule has 3 nitrogen and oxygen atoms in total. The molecule has 0 aromatic heterocycles. The molecule has 0 atom stereocenters. The molecule has 1 aromatic rings. The smallest absolute Gasteiger partial charge is 0.338 e. The summed E-state index contributed by atoms with van der Waals surface area (Å²) >= 11 is 0. The normalized spacial score (nSPS) is 9.53. The molecule has 0 bridgehead atoms. The van der Waals surface area contributed by atoms with Gasteiger partial charge in [-0.1, -0.05) is 6.58 Å². The first-order valence-corrected chi connectivity index (χ1v) is 4.26. The molecule has 0 amide bonds. The average Bonchev–Trinajstić information content (AvgIpc) is 2.18. The maximum Gasteiger partial charge on any atom is 0.338 e. The number of benzene rings is 1. The van der Waals surface area contributed by atoms with E-state index in [1.54, 1.807) is 0 Å². The Bertz CT molecular complexity index is 399. The Labute approximate surface area is 87.1 Å². The van der Waals surface area contributed by atoms with Crippen LogP contribution in [0.3, 0.4) is 0 Å². The van der Waals surface area contributed by atoms with Gasteiger partial charge in [0, 0.05) is 11.6 Å². The van der Waals surface area contributed by atoms with Gasteiger partial charge in [0.25, 0.3) is 0 Å². The Morgan fingerprint density at radius 3 is 2.60 bits per heavy atom. The van der Waals surface area contributed by atoms with E-state index in [2.05, 4.69) is 6.58 Å². The van der Waals surface area contributed by atoms with E-state index >= 15 is 0 Å². The van der Waals surface area contributed by atoms with E-state index in [0.717, 1.165) is 6.07 Å². The van der Waals surface area contributed by atoms with Gasteiger partial charge in [0.1, 0.15) is 5.75 Å². The van der Waals surface area contributed by atoms with Crippen molar-refractivity contribution in [1.29, 1.82) is 0 Å². The van der Waals surface area contributed by atoms with Gasteiger partial charge in [-0.15, -0.1) is 0 Å². The summed E-state index contributed by atoms with van der Waals surface area (Å²) in [5.41, 5.74) is 0.256. The van der Waals surface area contributed by atoms with Gasteiger partial charge in [0.05, 0.1) is 7.11 Å². The van der Waals surface area contributed by atoms with E-state index in [0.29, 0.717) is 0 Å². The van der Waals surface area contributed by atoms with Gasteiger partial charge >= 0.3 is 5.97 Å². The van der Waals surface area contributed by atoms with Crippen LogP contribution < -0.4 is 9.47 Å². The number of hydrogen-bond acceptors (Lipinski definition) is 3. The third-order valence-corrected chi connectivity index (χ3v) is 1.68.